The van der Waals surface area contributed by atoms with Crippen LogP contribution in [0.5, 0.6) is 0 Å². The molecule has 5 nitrogen and oxygen atoms in total. The van der Waals surface area contributed by atoms with Crippen LogP contribution in [-0.2, 0) is 9.53 Å². The van der Waals surface area contributed by atoms with Gasteiger partial charge < -0.3 is 15.8 Å². The first kappa shape index (κ1) is 9.89. The molecule has 2 fully saturated rings. The maximum absolute atomic E-state index is 11.2. The number of ether oxygens (including phenoxy) is 1. The summed E-state index contributed by atoms with van der Waals surface area (Å²) < 4.78 is 5.27. The number of hydrogen-bond acceptors (Lipinski definition) is 4. The topological polar surface area (TPSA) is 67.6 Å². The van der Waals surface area contributed by atoms with Crippen LogP contribution >= 0.6 is 0 Å². The van der Waals surface area contributed by atoms with Crippen molar-refractivity contribution in [1.82, 2.24) is 10.2 Å². The van der Waals surface area contributed by atoms with E-state index in [1.807, 2.05) is 0 Å². The summed E-state index contributed by atoms with van der Waals surface area (Å²) in [7, 11) is 0. The van der Waals surface area contributed by atoms with Crippen LogP contribution in [0.2, 0.25) is 0 Å². The molecule has 0 saturated carbocycles. The third-order valence-corrected chi connectivity index (χ3v) is 3.00. The number of rotatable bonds is 2. The fourth-order valence-corrected chi connectivity index (χ4v) is 2.22. The first-order valence-electron chi connectivity index (χ1n) is 5.12. The summed E-state index contributed by atoms with van der Waals surface area (Å²) in [5.74, 6) is -0.267. The molecule has 3 N–H and O–H groups in total. The first-order valence-corrected chi connectivity index (χ1v) is 5.12. The maximum Gasteiger partial charge on any atom is 0.237 e. The van der Waals surface area contributed by atoms with Gasteiger partial charge in [0.15, 0.2) is 0 Å². The molecule has 0 bridgehead atoms. The minimum absolute atomic E-state index is 0.228. The maximum atomic E-state index is 11.2. The standard InChI is InChI=1S/C9H17N3O2/c10-9(13)8-6-14-4-3-12(8)7-1-2-11-5-7/h7-8,11H,1-6H2,(H2,10,13). The molecule has 0 spiro atoms. The smallest absolute Gasteiger partial charge is 0.237 e. The Hall–Kier alpha value is -0.650. The van der Waals surface area contributed by atoms with Crippen molar-refractivity contribution in [2.45, 2.75) is 18.5 Å². The van der Waals surface area contributed by atoms with Gasteiger partial charge >= 0.3 is 0 Å². The number of nitrogens with one attached hydrogen (secondary N) is 1. The normalized spacial score (nSPS) is 34.6. The fraction of sp³-hybridized carbons (Fsp3) is 0.889. The van der Waals surface area contributed by atoms with Crippen molar-refractivity contribution >= 4 is 5.91 Å². The van der Waals surface area contributed by atoms with Gasteiger partial charge in [0.1, 0.15) is 6.04 Å². The van der Waals surface area contributed by atoms with Gasteiger partial charge in [-0.2, -0.15) is 0 Å². The molecule has 14 heavy (non-hydrogen) atoms. The highest BCUT2D eigenvalue weighted by Gasteiger charge is 2.33. The summed E-state index contributed by atoms with van der Waals surface area (Å²) in [5.41, 5.74) is 5.34. The van der Waals surface area contributed by atoms with E-state index in [1.165, 1.54) is 0 Å². The second-order valence-corrected chi connectivity index (χ2v) is 3.88. The molecule has 80 valence electrons. The molecule has 2 rings (SSSR count). The second-order valence-electron chi connectivity index (χ2n) is 3.88. The van der Waals surface area contributed by atoms with Crippen LogP contribution in [-0.4, -0.2) is 55.7 Å². The lowest BCUT2D eigenvalue weighted by molar-refractivity contribution is -0.131. The third kappa shape index (κ3) is 1.89. The first-order chi connectivity index (χ1) is 6.79. The van der Waals surface area contributed by atoms with Gasteiger partial charge in [-0.05, 0) is 13.0 Å². The molecule has 0 aromatic heterocycles. The van der Waals surface area contributed by atoms with Crippen LogP contribution in [0.3, 0.4) is 0 Å². The lowest BCUT2D eigenvalue weighted by Gasteiger charge is -2.37. The summed E-state index contributed by atoms with van der Waals surface area (Å²) in [6, 6.07) is 0.227. The fourth-order valence-electron chi connectivity index (χ4n) is 2.22. The summed E-state index contributed by atoms with van der Waals surface area (Å²) in [6.07, 6.45) is 1.10. The SMILES string of the molecule is NC(=O)C1COCCN1C1CCNC1. The zero-order valence-corrected chi connectivity index (χ0v) is 8.24. The lowest BCUT2D eigenvalue weighted by atomic mass is 10.1. The average molecular weight is 199 g/mol. The molecule has 0 aromatic carbocycles. The molecule has 0 aromatic rings. The van der Waals surface area contributed by atoms with Gasteiger partial charge in [-0.1, -0.05) is 0 Å². The predicted molar refractivity (Wildman–Crippen MR) is 51.8 cm³/mol. The number of hydrogen-bond donors (Lipinski definition) is 2. The van der Waals surface area contributed by atoms with Gasteiger partial charge in [-0.3, -0.25) is 9.69 Å². The van der Waals surface area contributed by atoms with Gasteiger partial charge in [-0.15, -0.1) is 0 Å². The Kier molecular flexibility index (Phi) is 3.00. The van der Waals surface area contributed by atoms with Crippen molar-refractivity contribution < 1.29 is 9.53 Å². The Balaban J connectivity index is 2.01. The highest BCUT2D eigenvalue weighted by atomic mass is 16.5. The van der Waals surface area contributed by atoms with Gasteiger partial charge in [0.2, 0.25) is 5.91 Å². The van der Waals surface area contributed by atoms with E-state index in [2.05, 4.69) is 10.2 Å². The minimum atomic E-state index is -0.267. The largest absolute Gasteiger partial charge is 0.378 e. The molecule has 2 atom stereocenters. The highest BCUT2D eigenvalue weighted by Crippen LogP contribution is 2.15. The van der Waals surface area contributed by atoms with E-state index in [9.17, 15) is 4.79 Å². The van der Waals surface area contributed by atoms with Crippen LogP contribution in [0.25, 0.3) is 0 Å². The third-order valence-electron chi connectivity index (χ3n) is 3.00. The van der Waals surface area contributed by atoms with Gasteiger partial charge in [-0.25, -0.2) is 0 Å². The van der Waals surface area contributed by atoms with E-state index in [0.29, 0.717) is 19.3 Å². The van der Waals surface area contributed by atoms with Gasteiger partial charge in [0.05, 0.1) is 13.2 Å². The Morgan fingerprint density at radius 1 is 1.57 bits per heavy atom. The molecule has 2 unspecified atom stereocenters. The van der Waals surface area contributed by atoms with Crippen LogP contribution in [0.4, 0.5) is 0 Å². The van der Waals surface area contributed by atoms with Crippen molar-refractivity contribution in [3.05, 3.63) is 0 Å². The summed E-state index contributed by atoms with van der Waals surface area (Å²) in [5, 5.41) is 3.29. The molecular formula is C9H17N3O2. The van der Waals surface area contributed by atoms with Crippen LogP contribution in [0, 0.1) is 0 Å². The van der Waals surface area contributed by atoms with Crippen LogP contribution in [0.1, 0.15) is 6.42 Å². The van der Waals surface area contributed by atoms with Gasteiger partial charge in [0.25, 0.3) is 0 Å². The quantitative estimate of drug-likeness (QED) is 0.570. The second kappa shape index (κ2) is 4.25. The molecule has 0 radical (unpaired) electrons. The molecule has 2 aliphatic heterocycles. The zero-order valence-electron chi connectivity index (χ0n) is 8.24. The van der Waals surface area contributed by atoms with E-state index in [1.54, 1.807) is 0 Å². The number of morpholine rings is 1. The van der Waals surface area contributed by atoms with Crippen molar-refractivity contribution in [2.75, 3.05) is 32.8 Å². The van der Waals surface area contributed by atoms with Crippen molar-refractivity contribution in [1.29, 1.82) is 0 Å². The molecule has 2 heterocycles. The number of primary amides is 1. The molecule has 1 amide bonds. The van der Waals surface area contributed by atoms with E-state index >= 15 is 0 Å². The Morgan fingerprint density at radius 2 is 2.43 bits per heavy atom. The predicted octanol–water partition coefficient (Wildman–Crippen LogP) is -1.47. The van der Waals surface area contributed by atoms with Crippen molar-refractivity contribution in [3.63, 3.8) is 0 Å². The Bertz CT molecular complexity index is 216. The Morgan fingerprint density at radius 3 is 3.07 bits per heavy atom. The highest BCUT2D eigenvalue weighted by molar-refractivity contribution is 5.80. The number of nitrogens with zero attached hydrogens (tertiary/aromatic N) is 1. The number of carbonyl (C=O) groups is 1. The van der Waals surface area contributed by atoms with Gasteiger partial charge in [0, 0.05) is 19.1 Å². The summed E-state index contributed by atoms with van der Waals surface area (Å²) >= 11 is 0. The summed E-state index contributed by atoms with van der Waals surface area (Å²) in [6.45, 7) is 3.98. The average Bonchev–Trinajstić information content (AvgIpc) is 2.70. The molecule has 0 aliphatic carbocycles. The zero-order chi connectivity index (χ0) is 9.97. The van der Waals surface area contributed by atoms with E-state index in [4.69, 9.17) is 10.5 Å². The number of nitrogens with two attached hydrogens (primary N) is 1. The van der Waals surface area contributed by atoms with Crippen molar-refractivity contribution in [2.24, 2.45) is 5.73 Å². The van der Waals surface area contributed by atoms with Crippen LogP contribution in [0.15, 0.2) is 0 Å². The molecular weight excluding hydrogens is 182 g/mol. The monoisotopic (exact) mass is 199 g/mol. The van der Waals surface area contributed by atoms with E-state index in [-0.39, 0.29) is 11.9 Å². The Labute approximate surface area is 83.6 Å². The van der Waals surface area contributed by atoms with E-state index in [0.717, 1.165) is 26.1 Å². The molecule has 2 aliphatic rings. The van der Waals surface area contributed by atoms with Crippen molar-refractivity contribution in [3.8, 4) is 0 Å². The molecule has 2 saturated heterocycles. The lowest BCUT2D eigenvalue weighted by Crippen LogP contribution is -2.56. The van der Waals surface area contributed by atoms with Crippen LogP contribution < -0.4 is 11.1 Å². The number of amides is 1. The van der Waals surface area contributed by atoms with E-state index < -0.39 is 0 Å². The molecule has 5 heteroatoms. The summed E-state index contributed by atoms with van der Waals surface area (Å²) in [4.78, 5) is 13.4. The minimum Gasteiger partial charge on any atom is -0.378 e. The number of carbonyl (C=O) groups excluding carboxylic acids is 1.